The molecule has 20 heavy (non-hydrogen) atoms. The van der Waals surface area contributed by atoms with Gasteiger partial charge in [-0.3, -0.25) is 11.3 Å². The maximum Gasteiger partial charge on any atom is 0.126 e. The molecule has 0 saturated heterocycles. The Morgan fingerprint density at radius 2 is 2.05 bits per heavy atom. The van der Waals surface area contributed by atoms with Crippen molar-refractivity contribution in [2.75, 3.05) is 7.11 Å². The predicted octanol–water partition coefficient (Wildman–Crippen LogP) is 3.64. The SMILES string of the molecule is COc1c(C(NN)C2CCCC2(C)C)ccc(C)c1C. The van der Waals surface area contributed by atoms with Crippen molar-refractivity contribution in [3.63, 3.8) is 0 Å². The van der Waals surface area contributed by atoms with E-state index in [4.69, 9.17) is 10.6 Å². The Balaban J connectivity index is 2.45. The van der Waals surface area contributed by atoms with Gasteiger partial charge in [-0.25, -0.2) is 0 Å². The highest BCUT2D eigenvalue weighted by Gasteiger charge is 2.40. The molecule has 3 heteroatoms. The van der Waals surface area contributed by atoms with E-state index in [0.29, 0.717) is 11.3 Å². The fourth-order valence-corrected chi connectivity index (χ4v) is 3.72. The fourth-order valence-electron chi connectivity index (χ4n) is 3.72. The third-order valence-corrected chi connectivity index (χ3v) is 5.17. The molecular formula is C17H28N2O. The molecule has 1 saturated carbocycles. The number of hydrogen-bond acceptors (Lipinski definition) is 3. The van der Waals surface area contributed by atoms with Gasteiger partial charge in [-0.1, -0.05) is 32.4 Å². The largest absolute Gasteiger partial charge is 0.496 e. The lowest BCUT2D eigenvalue weighted by molar-refractivity contribution is 0.195. The van der Waals surface area contributed by atoms with Gasteiger partial charge in [-0.05, 0) is 49.1 Å². The van der Waals surface area contributed by atoms with Crippen molar-refractivity contribution in [3.05, 3.63) is 28.8 Å². The minimum Gasteiger partial charge on any atom is -0.496 e. The zero-order chi connectivity index (χ0) is 14.9. The molecule has 0 bridgehead atoms. The zero-order valence-corrected chi connectivity index (χ0v) is 13.4. The van der Waals surface area contributed by atoms with Gasteiger partial charge in [0.2, 0.25) is 0 Å². The average Bonchev–Trinajstić information content (AvgIpc) is 2.75. The van der Waals surface area contributed by atoms with Gasteiger partial charge in [-0.2, -0.15) is 0 Å². The molecule has 0 aromatic heterocycles. The van der Waals surface area contributed by atoms with E-state index in [9.17, 15) is 0 Å². The summed E-state index contributed by atoms with van der Waals surface area (Å²) in [4.78, 5) is 0. The summed E-state index contributed by atoms with van der Waals surface area (Å²) in [5.41, 5.74) is 7.04. The second kappa shape index (κ2) is 5.74. The van der Waals surface area contributed by atoms with E-state index in [-0.39, 0.29) is 6.04 Å². The number of benzene rings is 1. The number of methoxy groups -OCH3 is 1. The summed E-state index contributed by atoms with van der Waals surface area (Å²) in [5.74, 6) is 7.44. The molecule has 2 unspecified atom stereocenters. The quantitative estimate of drug-likeness (QED) is 0.652. The summed E-state index contributed by atoms with van der Waals surface area (Å²) in [6.07, 6.45) is 3.77. The van der Waals surface area contributed by atoms with Crippen molar-refractivity contribution in [2.24, 2.45) is 17.2 Å². The van der Waals surface area contributed by atoms with Gasteiger partial charge in [0, 0.05) is 5.56 Å². The van der Waals surface area contributed by atoms with Crippen LogP contribution in [0.25, 0.3) is 0 Å². The number of ether oxygens (including phenoxy) is 1. The summed E-state index contributed by atoms with van der Waals surface area (Å²) in [5, 5.41) is 0. The first-order valence-corrected chi connectivity index (χ1v) is 7.52. The highest BCUT2D eigenvalue weighted by Crippen LogP contribution is 2.50. The normalized spacial score (nSPS) is 22.8. The van der Waals surface area contributed by atoms with E-state index >= 15 is 0 Å². The van der Waals surface area contributed by atoms with Crippen LogP contribution >= 0.6 is 0 Å². The molecular weight excluding hydrogens is 248 g/mol. The molecule has 112 valence electrons. The second-order valence-corrected chi connectivity index (χ2v) is 6.76. The van der Waals surface area contributed by atoms with Crippen molar-refractivity contribution in [2.45, 2.75) is 53.0 Å². The van der Waals surface area contributed by atoms with Crippen LogP contribution < -0.4 is 16.0 Å². The van der Waals surface area contributed by atoms with Gasteiger partial charge in [0.05, 0.1) is 13.2 Å². The van der Waals surface area contributed by atoms with Crippen LogP contribution in [0.3, 0.4) is 0 Å². The van der Waals surface area contributed by atoms with Crippen molar-refractivity contribution in [1.82, 2.24) is 5.43 Å². The third kappa shape index (κ3) is 2.57. The molecule has 0 heterocycles. The second-order valence-electron chi connectivity index (χ2n) is 6.76. The molecule has 1 aromatic carbocycles. The lowest BCUT2D eigenvalue weighted by atomic mass is 9.75. The van der Waals surface area contributed by atoms with Crippen LogP contribution in [-0.2, 0) is 0 Å². The first-order chi connectivity index (χ1) is 9.42. The zero-order valence-electron chi connectivity index (χ0n) is 13.4. The van der Waals surface area contributed by atoms with Gasteiger partial charge in [-0.15, -0.1) is 0 Å². The lowest BCUT2D eigenvalue weighted by Gasteiger charge is -2.35. The molecule has 2 atom stereocenters. The molecule has 0 aliphatic heterocycles. The molecule has 0 amide bonds. The van der Waals surface area contributed by atoms with Crippen molar-refractivity contribution in [3.8, 4) is 5.75 Å². The minimum atomic E-state index is 0.154. The van der Waals surface area contributed by atoms with Crippen LogP contribution in [0.4, 0.5) is 0 Å². The molecule has 3 nitrogen and oxygen atoms in total. The first-order valence-electron chi connectivity index (χ1n) is 7.52. The summed E-state index contributed by atoms with van der Waals surface area (Å²) < 4.78 is 5.67. The smallest absolute Gasteiger partial charge is 0.126 e. The van der Waals surface area contributed by atoms with E-state index in [1.165, 1.54) is 36.0 Å². The highest BCUT2D eigenvalue weighted by molar-refractivity contribution is 5.47. The summed E-state index contributed by atoms with van der Waals surface area (Å²) in [6, 6.07) is 4.49. The number of rotatable bonds is 4. The van der Waals surface area contributed by atoms with Gasteiger partial charge in [0.15, 0.2) is 0 Å². The fraction of sp³-hybridized carbons (Fsp3) is 0.647. The number of hydrogen-bond donors (Lipinski definition) is 2. The third-order valence-electron chi connectivity index (χ3n) is 5.17. The maximum atomic E-state index is 5.91. The van der Waals surface area contributed by atoms with E-state index in [2.05, 4.69) is 45.3 Å². The number of nitrogens with one attached hydrogen (secondary N) is 1. The Morgan fingerprint density at radius 1 is 1.35 bits per heavy atom. The van der Waals surface area contributed by atoms with Crippen molar-refractivity contribution < 1.29 is 4.74 Å². The van der Waals surface area contributed by atoms with Crippen molar-refractivity contribution >= 4 is 0 Å². The number of nitrogens with two attached hydrogens (primary N) is 1. The van der Waals surface area contributed by atoms with Gasteiger partial charge < -0.3 is 4.74 Å². The van der Waals surface area contributed by atoms with E-state index in [1.807, 2.05) is 0 Å². The highest BCUT2D eigenvalue weighted by atomic mass is 16.5. The molecule has 1 aliphatic rings. The molecule has 0 spiro atoms. The standard InChI is InChI=1S/C17H28N2O/c1-11-8-9-13(16(20-5)12(11)2)15(19-18)14-7-6-10-17(14,3)4/h8-9,14-15,19H,6-7,10,18H2,1-5H3. The maximum absolute atomic E-state index is 5.91. The summed E-state index contributed by atoms with van der Waals surface area (Å²) in [7, 11) is 1.75. The molecule has 1 aliphatic carbocycles. The van der Waals surface area contributed by atoms with Crippen LogP contribution in [-0.4, -0.2) is 7.11 Å². The molecule has 0 radical (unpaired) electrons. The van der Waals surface area contributed by atoms with Crippen molar-refractivity contribution in [1.29, 1.82) is 0 Å². The van der Waals surface area contributed by atoms with Crippen LogP contribution in [0.15, 0.2) is 12.1 Å². The Bertz CT molecular complexity index is 482. The van der Waals surface area contributed by atoms with Crippen LogP contribution in [0, 0.1) is 25.2 Å². The van der Waals surface area contributed by atoms with Gasteiger partial charge in [0.1, 0.15) is 5.75 Å². The number of hydrazine groups is 1. The van der Waals surface area contributed by atoms with Crippen LogP contribution in [0.2, 0.25) is 0 Å². The van der Waals surface area contributed by atoms with E-state index in [1.54, 1.807) is 7.11 Å². The molecule has 1 fully saturated rings. The van der Waals surface area contributed by atoms with E-state index < -0.39 is 0 Å². The van der Waals surface area contributed by atoms with Crippen LogP contribution in [0.1, 0.15) is 55.8 Å². The average molecular weight is 276 g/mol. The lowest BCUT2D eigenvalue weighted by Crippen LogP contribution is -2.38. The molecule has 1 aromatic rings. The van der Waals surface area contributed by atoms with E-state index in [0.717, 1.165) is 5.75 Å². The molecule has 3 N–H and O–H groups in total. The Labute approximate surface area is 122 Å². The Morgan fingerprint density at radius 3 is 2.55 bits per heavy atom. The monoisotopic (exact) mass is 276 g/mol. The predicted molar refractivity (Wildman–Crippen MR) is 83.7 cm³/mol. The Kier molecular flexibility index (Phi) is 4.40. The van der Waals surface area contributed by atoms with Gasteiger partial charge >= 0.3 is 0 Å². The molecule has 2 rings (SSSR count). The Hall–Kier alpha value is -1.06. The van der Waals surface area contributed by atoms with Crippen LogP contribution in [0.5, 0.6) is 5.75 Å². The summed E-state index contributed by atoms with van der Waals surface area (Å²) in [6.45, 7) is 8.93. The van der Waals surface area contributed by atoms with Gasteiger partial charge in [0.25, 0.3) is 0 Å². The first kappa shape index (κ1) is 15.3. The number of aryl methyl sites for hydroxylation is 1. The summed E-state index contributed by atoms with van der Waals surface area (Å²) >= 11 is 0. The topological polar surface area (TPSA) is 47.3 Å². The minimum absolute atomic E-state index is 0.154.